The third-order valence-electron chi connectivity index (χ3n) is 15.8. The van der Waals surface area contributed by atoms with Crippen molar-refractivity contribution in [3.8, 4) is 0 Å². The number of halogens is 2. The van der Waals surface area contributed by atoms with Crippen molar-refractivity contribution in [3.63, 3.8) is 0 Å². The molecule has 2 heterocycles. The number of hydrogen-bond donors (Lipinski definition) is 0. The first-order valence-corrected chi connectivity index (χ1v) is 30.8. The number of benzene rings is 4. The Morgan fingerprint density at radius 1 is 0.517 bits per heavy atom. The van der Waals surface area contributed by atoms with Crippen molar-refractivity contribution >= 4 is 40.4 Å². The van der Waals surface area contributed by atoms with Gasteiger partial charge in [0.15, 0.2) is 0 Å². The van der Waals surface area contributed by atoms with Crippen molar-refractivity contribution in [1.29, 1.82) is 0 Å². The van der Waals surface area contributed by atoms with Crippen LogP contribution >= 0.6 is 19.4 Å². The van der Waals surface area contributed by atoms with Crippen LogP contribution in [0.2, 0.25) is 0 Å². The fraction of sp³-hybridized carbons (Fsp3) is 0.509. The zero-order valence-corrected chi connectivity index (χ0v) is 41.0. The summed E-state index contributed by atoms with van der Waals surface area (Å²) in [5.41, 5.74) is 13.3. The fourth-order valence-corrected chi connectivity index (χ4v) is 32.8. The average molecular weight is 931 g/mol. The molecule has 2 saturated carbocycles. The van der Waals surface area contributed by atoms with Crippen molar-refractivity contribution in [3.05, 3.63) is 136 Å². The zero-order chi connectivity index (χ0) is 42.3. The van der Waals surface area contributed by atoms with E-state index < -0.39 is 11.2 Å². The van der Waals surface area contributed by atoms with Gasteiger partial charge in [0.2, 0.25) is 0 Å². The van der Waals surface area contributed by atoms with Gasteiger partial charge in [-0.25, -0.2) is 0 Å². The van der Waals surface area contributed by atoms with E-state index in [2.05, 4.69) is 162 Å². The van der Waals surface area contributed by atoms with Gasteiger partial charge in [0.25, 0.3) is 0 Å². The number of fused-ring (bicyclic) bond motifs is 1. The van der Waals surface area contributed by atoms with Gasteiger partial charge in [-0.15, -0.1) is 0 Å². The van der Waals surface area contributed by atoms with Gasteiger partial charge in [-0.3, -0.25) is 0 Å². The maximum absolute atomic E-state index is 9.94. The van der Waals surface area contributed by atoms with Crippen LogP contribution in [0.15, 0.2) is 97.1 Å². The van der Waals surface area contributed by atoms with Crippen LogP contribution in [-0.2, 0) is 36.9 Å². The van der Waals surface area contributed by atoms with E-state index in [0.29, 0.717) is 0 Å². The molecule has 0 aromatic heterocycles. The van der Waals surface area contributed by atoms with Crippen LogP contribution in [0.3, 0.4) is 0 Å². The van der Waals surface area contributed by atoms with E-state index >= 15 is 0 Å². The van der Waals surface area contributed by atoms with E-state index in [1.807, 2.05) is 0 Å². The minimum atomic E-state index is -5.30. The van der Waals surface area contributed by atoms with Crippen LogP contribution in [-0.4, -0.2) is 24.5 Å². The molecule has 5 heteroatoms. The van der Waals surface area contributed by atoms with Crippen LogP contribution in [0.1, 0.15) is 159 Å². The van der Waals surface area contributed by atoms with Crippen molar-refractivity contribution < 1.29 is 11.2 Å². The molecule has 0 N–H and O–H groups in total. The van der Waals surface area contributed by atoms with E-state index in [9.17, 15) is 19.4 Å². The second-order valence-electron chi connectivity index (χ2n) is 20.4. The summed E-state index contributed by atoms with van der Waals surface area (Å²) in [6, 6.07) is 34.6. The molecule has 0 bridgehead atoms. The summed E-state index contributed by atoms with van der Waals surface area (Å²) in [4.78, 5) is 5.95. The number of aryl methyl sites for hydroxylation is 4. The molecule has 0 radical (unpaired) electrons. The Labute approximate surface area is 371 Å². The molecule has 2 spiro atoms. The maximum atomic E-state index is 9.94. The van der Waals surface area contributed by atoms with Crippen LogP contribution in [0.25, 0.3) is 5.57 Å². The van der Waals surface area contributed by atoms with E-state index in [0.717, 1.165) is 38.5 Å². The molecule has 2 atom stereocenters. The number of hydrogen-bond acceptors (Lipinski definition) is 2. The zero-order valence-electron chi connectivity index (χ0n) is 37.8. The van der Waals surface area contributed by atoms with Crippen LogP contribution in [0.4, 0.5) is 11.4 Å². The molecule has 2 unspecified atom stereocenters. The number of anilines is 2. The molecule has 3 aliphatic carbocycles. The first kappa shape index (κ1) is 42.6. The van der Waals surface area contributed by atoms with Gasteiger partial charge in [0.05, 0.1) is 0 Å². The molecular formula is C55H70Cl2N2Ru. The number of rotatable bonds is 9. The van der Waals surface area contributed by atoms with Gasteiger partial charge in [-0.05, 0) is 0 Å². The second-order valence-corrected chi connectivity index (χ2v) is 34.9. The van der Waals surface area contributed by atoms with E-state index in [4.69, 9.17) is 0 Å². The van der Waals surface area contributed by atoms with Crippen molar-refractivity contribution in [2.45, 2.75) is 166 Å². The fourth-order valence-electron chi connectivity index (χ4n) is 13.8. The normalized spacial score (nSPS) is 24.3. The summed E-state index contributed by atoms with van der Waals surface area (Å²) < 4.78 is 1.24. The minimum absolute atomic E-state index is 0.0227. The van der Waals surface area contributed by atoms with Gasteiger partial charge in [0, 0.05) is 0 Å². The third kappa shape index (κ3) is 6.19. The number of allylic oxidation sites excluding steroid dienone is 1. The van der Waals surface area contributed by atoms with Gasteiger partial charge < -0.3 is 0 Å². The summed E-state index contributed by atoms with van der Waals surface area (Å²) >= 11 is -5.30. The Balaban J connectivity index is 1.52. The Morgan fingerprint density at radius 3 is 1.30 bits per heavy atom. The van der Waals surface area contributed by atoms with Gasteiger partial charge in [-0.1, -0.05) is 0 Å². The molecular weight excluding hydrogens is 861 g/mol. The SMILES string of the molecule is CCc1cccc(CC)c1N1[CH]([Ru]([Cl])([Cl])(=[C]2C=C(c3ccccc3)c3ccccc32)[CH]2N(c3c(CC)cccc3CC)C(C)(C)CC23CCCC3)C2(CCCC2)CC1(C)C. The molecule has 2 nitrogen and oxygen atoms in total. The van der Waals surface area contributed by atoms with E-state index in [1.165, 1.54) is 111 Å². The van der Waals surface area contributed by atoms with E-state index in [1.54, 1.807) is 0 Å². The first-order chi connectivity index (χ1) is 28.7. The van der Waals surface area contributed by atoms with Crippen LogP contribution in [0.5, 0.6) is 0 Å². The average Bonchev–Trinajstić information content (AvgIpc) is 4.07. The third-order valence-corrected chi connectivity index (χ3v) is 30.0. The Bertz CT molecular complexity index is 2230. The summed E-state index contributed by atoms with van der Waals surface area (Å²) in [5.74, 6) is 0. The molecule has 9 rings (SSSR count). The molecule has 4 aromatic rings. The van der Waals surface area contributed by atoms with Crippen molar-refractivity contribution in [2.75, 3.05) is 9.80 Å². The summed E-state index contributed by atoms with van der Waals surface area (Å²) in [6.45, 7) is 19.6. The molecule has 4 fully saturated rings. The Hall–Kier alpha value is -2.71. The number of nitrogens with zero attached hydrogens (tertiary/aromatic N) is 2. The Morgan fingerprint density at radius 2 is 0.900 bits per heavy atom. The van der Waals surface area contributed by atoms with Crippen molar-refractivity contribution in [2.24, 2.45) is 10.8 Å². The quantitative estimate of drug-likeness (QED) is 0.154. The summed E-state index contributed by atoms with van der Waals surface area (Å²) in [7, 11) is 19.9. The molecule has 60 heavy (non-hydrogen) atoms. The standard InChI is InChI=1S/2C20H30N.C15H10.2ClH.Ru/c2*1-5-16-10-9-11-17(6-2)18(16)21-15-20(12-7-8-13-20)14-19(21,3)4;1-2-6-12(7-3-1)15-11-10-13-8-4-5-9-14(13)15;;;/h2*9-11,15H,5-8,12-14H2,1-4H3;1-9,11H;2*1H;/q;;;;;+2/p-2. The molecule has 2 aliphatic heterocycles. The Kier molecular flexibility index (Phi) is 10.8. The van der Waals surface area contributed by atoms with Crippen molar-refractivity contribution in [1.82, 2.24) is 0 Å². The second kappa shape index (κ2) is 15.2. The summed E-state index contributed by atoms with van der Waals surface area (Å²) in [6.07, 6.45) is 18.4. The molecule has 322 valence electrons. The van der Waals surface area contributed by atoms with Gasteiger partial charge in [-0.2, -0.15) is 0 Å². The van der Waals surface area contributed by atoms with Crippen LogP contribution < -0.4 is 9.80 Å². The molecule has 5 aliphatic rings. The van der Waals surface area contributed by atoms with Crippen LogP contribution in [0, 0.1) is 10.8 Å². The molecule has 0 amide bonds. The predicted octanol–water partition coefficient (Wildman–Crippen LogP) is 15.0. The van der Waals surface area contributed by atoms with Gasteiger partial charge >= 0.3 is 374 Å². The molecule has 2 saturated heterocycles. The van der Waals surface area contributed by atoms with Gasteiger partial charge in [0.1, 0.15) is 0 Å². The topological polar surface area (TPSA) is 6.48 Å². The van der Waals surface area contributed by atoms with E-state index in [-0.39, 0.29) is 31.2 Å². The summed E-state index contributed by atoms with van der Waals surface area (Å²) in [5, 5.41) is 0. The number of para-hydroxylation sites is 2. The predicted molar refractivity (Wildman–Crippen MR) is 258 cm³/mol. The molecule has 4 aromatic carbocycles. The first-order valence-electron chi connectivity index (χ1n) is 23.5. The monoisotopic (exact) mass is 930 g/mol.